The molecule has 1 aromatic carbocycles. The highest BCUT2D eigenvalue weighted by Gasteiger charge is 2.22. The number of fused-ring (bicyclic) bond motifs is 1. The van der Waals surface area contributed by atoms with Crippen molar-refractivity contribution in [1.82, 2.24) is 10.1 Å². The van der Waals surface area contributed by atoms with E-state index in [0.29, 0.717) is 6.54 Å². The Morgan fingerprint density at radius 3 is 2.81 bits per heavy atom. The standard InChI is InChI=1S/C20H20N4O2/c1-13-20(14(2)26-23-13)16-10-17-18(11-19(16)25-3)24(9-8-22-17)12-15-6-4-5-7-21-15/h4-11,22H,12H2,1-3H3. The van der Waals surface area contributed by atoms with Crippen LogP contribution in [0.2, 0.25) is 0 Å². The van der Waals surface area contributed by atoms with E-state index in [1.807, 2.05) is 56.7 Å². The Kier molecular flexibility index (Phi) is 4.08. The van der Waals surface area contributed by atoms with Crippen LogP contribution in [0.5, 0.6) is 5.75 Å². The van der Waals surface area contributed by atoms with Crippen molar-refractivity contribution in [3.05, 3.63) is 66.1 Å². The van der Waals surface area contributed by atoms with Gasteiger partial charge in [-0.15, -0.1) is 0 Å². The van der Waals surface area contributed by atoms with Crippen molar-refractivity contribution in [3.63, 3.8) is 0 Å². The summed E-state index contributed by atoms with van der Waals surface area (Å²) in [5, 5.41) is 7.39. The molecule has 2 aromatic heterocycles. The quantitative estimate of drug-likeness (QED) is 0.760. The molecule has 0 amide bonds. The van der Waals surface area contributed by atoms with Crippen molar-refractivity contribution in [3.8, 4) is 16.9 Å². The molecule has 6 nitrogen and oxygen atoms in total. The molecule has 3 aromatic rings. The predicted octanol–water partition coefficient (Wildman–Crippen LogP) is 4.27. The number of anilines is 2. The molecule has 1 aliphatic rings. The minimum atomic E-state index is 0.680. The number of aromatic nitrogens is 2. The van der Waals surface area contributed by atoms with Crippen LogP contribution in [-0.2, 0) is 6.54 Å². The average Bonchev–Trinajstić information content (AvgIpc) is 3.00. The van der Waals surface area contributed by atoms with Crippen LogP contribution in [0.25, 0.3) is 11.1 Å². The summed E-state index contributed by atoms with van der Waals surface area (Å²) in [6, 6.07) is 10.1. The molecule has 26 heavy (non-hydrogen) atoms. The van der Waals surface area contributed by atoms with Gasteiger partial charge in [-0.1, -0.05) is 11.2 Å². The molecule has 0 unspecified atom stereocenters. The third-order valence-corrected chi connectivity index (χ3v) is 4.48. The second-order valence-corrected chi connectivity index (χ2v) is 6.18. The first-order chi connectivity index (χ1) is 12.7. The molecule has 1 N–H and O–H groups in total. The predicted molar refractivity (Wildman–Crippen MR) is 101 cm³/mol. The van der Waals surface area contributed by atoms with Gasteiger partial charge in [-0.2, -0.15) is 0 Å². The van der Waals surface area contributed by atoms with Gasteiger partial charge in [0.25, 0.3) is 0 Å². The fraction of sp³-hybridized carbons (Fsp3) is 0.200. The summed E-state index contributed by atoms with van der Waals surface area (Å²) in [5.41, 5.74) is 5.81. The maximum Gasteiger partial charge on any atom is 0.141 e. The fourth-order valence-corrected chi connectivity index (χ4v) is 3.26. The number of hydrogen-bond donors (Lipinski definition) is 1. The van der Waals surface area contributed by atoms with E-state index < -0.39 is 0 Å². The average molecular weight is 348 g/mol. The first-order valence-electron chi connectivity index (χ1n) is 8.42. The van der Waals surface area contributed by atoms with E-state index in [9.17, 15) is 0 Å². The van der Waals surface area contributed by atoms with E-state index in [4.69, 9.17) is 9.26 Å². The lowest BCUT2D eigenvalue weighted by Gasteiger charge is -2.28. The van der Waals surface area contributed by atoms with Gasteiger partial charge in [0.1, 0.15) is 11.5 Å². The molecule has 0 saturated heterocycles. The molecular weight excluding hydrogens is 328 g/mol. The molecule has 0 atom stereocenters. The van der Waals surface area contributed by atoms with Crippen molar-refractivity contribution in [1.29, 1.82) is 0 Å². The first kappa shape index (κ1) is 16.2. The Hall–Kier alpha value is -3.28. The highest BCUT2D eigenvalue weighted by Crippen LogP contribution is 2.42. The summed E-state index contributed by atoms with van der Waals surface area (Å²) in [7, 11) is 1.68. The molecule has 132 valence electrons. The SMILES string of the molecule is COc1cc2c(cc1-c1c(C)noc1C)NC=CN2Cc1ccccn1. The zero-order valence-corrected chi connectivity index (χ0v) is 15.0. The van der Waals surface area contributed by atoms with Gasteiger partial charge in [0.15, 0.2) is 0 Å². The number of methoxy groups -OCH3 is 1. The van der Waals surface area contributed by atoms with Gasteiger partial charge in [0.2, 0.25) is 0 Å². The van der Waals surface area contributed by atoms with Crippen molar-refractivity contribution in [2.45, 2.75) is 20.4 Å². The lowest BCUT2D eigenvalue weighted by atomic mass is 10.0. The minimum absolute atomic E-state index is 0.680. The van der Waals surface area contributed by atoms with Gasteiger partial charge in [-0.05, 0) is 32.0 Å². The fourth-order valence-electron chi connectivity index (χ4n) is 3.26. The molecular formula is C20H20N4O2. The number of nitrogens with zero attached hydrogens (tertiary/aromatic N) is 3. The van der Waals surface area contributed by atoms with Crippen molar-refractivity contribution in [2.24, 2.45) is 0 Å². The molecule has 0 saturated carbocycles. The van der Waals surface area contributed by atoms with Crippen LogP contribution >= 0.6 is 0 Å². The van der Waals surface area contributed by atoms with Crippen LogP contribution in [-0.4, -0.2) is 17.3 Å². The van der Waals surface area contributed by atoms with Gasteiger partial charge in [-0.3, -0.25) is 4.98 Å². The molecule has 0 aliphatic carbocycles. The number of rotatable bonds is 4. The molecule has 0 bridgehead atoms. The van der Waals surface area contributed by atoms with E-state index >= 15 is 0 Å². The summed E-state index contributed by atoms with van der Waals surface area (Å²) in [5.74, 6) is 1.55. The number of benzene rings is 1. The van der Waals surface area contributed by atoms with E-state index in [1.54, 1.807) is 7.11 Å². The number of hydrogen-bond acceptors (Lipinski definition) is 6. The first-order valence-corrected chi connectivity index (χ1v) is 8.42. The topological polar surface area (TPSA) is 63.4 Å². The lowest BCUT2D eigenvalue weighted by molar-refractivity contribution is 0.393. The highest BCUT2D eigenvalue weighted by atomic mass is 16.5. The molecule has 3 heterocycles. The van der Waals surface area contributed by atoms with E-state index in [2.05, 4.69) is 26.4 Å². The van der Waals surface area contributed by atoms with Crippen molar-refractivity contribution >= 4 is 11.4 Å². The van der Waals surface area contributed by atoms with Crippen LogP contribution in [0.3, 0.4) is 0 Å². The molecule has 0 radical (unpaired) electrons. The Bertz CT molecular complexity index is 944. The number of pyridine rings is 1. The van der Waals surface area contributed by atoms with Crippen LogP contribution in [0.1, 0.15) is 17.1 Å². The van der Waals surface area contributed by atoms with Crippen LogP contribution in [0, 0.1) is 13.8 Å². The van der Waals surface area contributed by atoms with Gasteiger partial charge in [0, 0.05) is 30.2 Å². The normalized spacial score (nSPS) is 12.7. The second-order valence-electron chi connectivity index (χ2n) is 6.18. The third-order valence-electron chi connectivity index (χ3n) is 4.48. The number of ether oxygens (including phenoxy) is 1. The Morgan fingerprint density at radius 2 is 2.12 bits per heavy atom. The smallest absolute Gasteiger partial charge is 0.141 e. The summed E-state index contributed by atoms with van der Waals surface area (Å²) < 4.78 is 11.0. The maximum atomic E-state index is 5.68. The Labute approximate surface area is 152 Å². The summed E-state index contributed by atoms with van der Waals surface area (Å²) >= 11 is 0. The van der Waals surface area contributed by atoms with Crippen molar-refractivity contribution < 1.29 is 9.26 Å². The monoisotopic (exact) mass is 348 g/mol. The Balaban J connectivity index is 1.78. The zero-order valence-electron chi connectivity index (χ0n) is 15.0. The summed E-state index contributed by atoms with van der Waals surface area (Å²) in [6.45, 7) is 4.53. The van der Waals surface area contributed by atoms with Crippen LogP contribution in [0.4, 0.5) is 11.4 Å². The minimum Gasteiger partial charge on any atom is -0.496 e. The van der Waals surface area contributed by atoms with Gasteiger partial charge < -0.3 is 19.5 Å². The third kappa shape index (κ3) is 2.79. The zero-order chi connectivity index (χ0) is 18.1. The number of nitrogens with one attached hydrogen (secondary N) is 1. The largest absolute Gasteiger partial charge is 0.496 e. The van der Waals surface area contributed by atoms with Gasteiger partial charge in [0.05, 0.1) is 42.0 Å². The van der Waals surface area contributed by atoms with Crippen molar-refractivity contribution in [2.75, 3.05) is 17.3 Å². The highest BCUT2D eigenvalue weighted by molar-refractivity contribution is 5.86. The molecule has 0 spiro atoms. The maximum absolute atomic E-state index is 5.68. The van der Waals surface area contributed by atoms with E-state index in [-0.39, 0.29) is 0 Å². The molecule has 0 fully saturated rings. The Morgan fingerprint density at radius 1 is 1.23 bits per heavy atom. The van der Waals surface area contributed by atoms with Gasteiger partial charge in [-0.25, -0.2) is 0 Å². The summed E-state index contributed by atoms with van der Waals surface area (Å²) in [4.78, 5) is 6.57. The van der Waals surface area contributed by atoms with Crippen LogP contribution < -0.4 is 15.0 Å². The molecule has 6 heteroatoms. The van der Waals surface area contributed by atoms with Gasteiger partial charge >= 0.3 is 0 Å². The van der Waals surface area contributed by atoms with Crippen LogP contribution in [0.15, 0.2) is 53.5 Å². The molecule has 4 rings (SSSR count). The van der Waals surface area contributed by atoms with E-state index in [0.717, 1.165) is 45.4 Å². The second kappa shape index (κ2) is 6.55. The van der Waals surface area contributed by atoms with E-state index in [1.165, 1.54) is 0 Å². The number of aryl methyl sites for hydroxylation is 2. The summed E-state index contributed by atoms with van der Waals surface area (Å²) in [6.07, 6.45) is 5.74. The molecule has 1 aliphatic heterocycles. The lowest BCUT2D eigenvalue weighted by Crippen LogP contribution is -2.21.